The molecule has 0 aliphatic heterocycles. The number of hydrogen-bond donors (Lipinski definition) is 1. The number of carbonyl (C=O) groups is 2. The van der Waals surface area contributed by atoms with Crippen LogP contribution in [0.15, 0.2) is 42.5 Å². The Kier molecular flexibility index (Phi) is 10.8. The van der Waals surface area contributed by atoms with Crippen molar-refractivity contribution >= 4 is 35.0 Å². The zero-order valence-electron chi connectivity index (χ0n) is 19.0. The number of amides is 2. The monoisotopic (exact) mass is 478 g/mol. The molecule has 0 aliphatic rings. The van der Waals surface area contributed by atoms with Crippen LogP contribution < -0.4 is 10.1 Å². The first-order valence-electron chi connectivity index (χ1n) is 11.1. The molecule has 1 atom stereocenters. The van der Waals surface area contributed by atoms with Gasteiger partial charge < -0.3 is 15.0 Å². The minimum Gasteiger partial charge on any atom is -0.484 e. The molecule has 0 saturated heterocycles. The van der Waals surface area contributed by atoms with E-state index < -0.39 is 6.04 Å². The molecular weight excluding hydrogens is 447 g/mol. The van der Waals surface area contributed by atoms with Crippen molar-refractivity contribution < 1.29 is 14.3 Å². The second-order valence-corrected chi connectivity index (χ2v) is 8.44. The lowest BCUT2D eigenvalue weighted by Crippen LogP contribution is -2.50. The highest BCUT2D eigenvalue weighted by atomic mass is 35.5. The predicted octanol–water partition coefficient (Wildman–Crippen LogP) is 5.66. The molecule has 32 heavy (non-hydrogen) atoms. The number of unbranched alkanes of at least 4 members (excludes halogenated alkanes) is 1. The van der Waals surface area contributed by atoms with Gasteiger partial charge in [-0.05, 0) is 54.7 Å². The van der Waals surface area contributed by atoms with Gasteiger partial charge in [0.15, 0.2) is 6.61 Å². The van der Waals surface area contributed by atoms with Crippen molar-refractivity contribution in [3.63, 3.8) is 0 Å². The summed E-state index contributed by atoms with van der Waals surface area (Å²) >= 11 is 12.2. The van der Waals surface area contributed by atoms with Gasteiger partial charge in [0.1, 0.15) is 11.8 Å². The number of nitrogens with one attached hydrogen (secondary N) is 1. The van der Waals surface area contributed by atoms with E-state index in [0.717, 1.165) is 24.8 Å². The summed E-state index contributed by atoms with van der Waals surface area (Å²) in [6, 6.07) is 12.3. The Bertz CT molecular complexity index is 887. The molecule has 7 heteroatoms. The van der Waals surface area contributed by atoms with Crippen molar-refractivity contribution in [2.45, 2.75) is 59.0 Å². The maximum atomic E-state index is 13.2. The molecule has 0 fully saturated rings. The first-order chi connectivity index (χ1) is 15.4. The number of ether oxygens (including phenoxy) is 1. The summed E-state index contributed by atoms with van der Waals surface area (Å²) in [5.74, 6) is 0.181. The smallest absolute Gasteiger partial charge is 0.261 e. The fourth-order valence-electron chi connectivity index (χ4n) is 3.31. The summed E-state index contributed by atoms with van der Waals surface area (Å²) < 4.78 is 5.73. The third-order valence-corrected chi connectivity index (χ3v) is 5.99. The van der Waals surface area contributed by atoms with E-state index in [9.17, 15) is 9.59 Å². The molecule has 0 heterocycles. The molecule has 0 radical (unpaired) electrons. The molecule has 0 aliphatic carbocycles. The van der Waals surface area contributed by atoms with Crippen LogP contribution in [0.2, 0.25) is 10.0 Å². The van der Waals surface area contributed by atoms with Crippen LogP contribution in [0.25, 0.3) is 0 Å². The fourth-order valence-corrected chi connectivity index (χ4v) is 3.63. The van der Waals surface area contributed by atoms with E-state index in [1.54, 1.807) is 23.1 Å². The highest BCUT2D eigenvalue weighted by Crippen LogP contribution is 2.24. The molecule has 0 spiro atoms. The molecule has 2 amide bonds. The van der Waals surface area contributed by atoms with Gasteiger partial charge >= 0.3 is 0 Å². The van der Waals surface area contributed by atoms with Crippen LogP contribution in [0.5, 0.6) is 5.75 Å². The average molecular weight is 479 g/mol. The molecule has 2 aromatic carbocycles. The van der Waals surface area contributed by atoms with E-state index in [4.69, 9.17) is 27.9 Å². The van der Waals surface area contributed by atoms with Crippen LogP contribution in [0, 0.1) is 0 Å². The Morgan fingerprint density at radius 2 is 1.69 bits per heavy atom. The van der Waals surface area contributed by atoms with Gasteiger partial charge in [0.2, 0.25) is 5.91 Å². The largest absolute Gasteiger partial charge is 0.484 e. The zero-order valence-corrected chi connectivity index (χ0v) is 20.5. The normalized spacial score (nSPS) is 11.7. The molecule has 0 saturated carbocycles. The Balaban J connectivity index is 2.18. The van der Waals surface area contributed by atoms with E-state index in [1.807, 2.05) is 31.2 Å². The Labute approximate surface area is 201 Å². The second-order valence-electron chi connectivity index (χ2n) is 7.62. The van der Waals surface area contributed by atoms with Crippen LogP contribution in [0.1, 0.15) is 51.2 Å². The molecule has 0 aromatic heterocycles. The van der Waals surface area contributed by atoms with Crippen molar-refractivity contribution in [2.75, 3.05) is 13.2 Å². The SMILES string of the molecule is CCCCNC(=O)[C@@H](CC)N(Cc1ccc(Cl)c(Cl)c1)C(=O)COc1ccc(CC)cc1. The Morgan fingerprint density at radius 3 is 2.28 bits per heavy atom. The van der Waals surface area contributed by atoms with Crippen LogP contribution in [0.3, 0.4) is 0 Å². The van der Waals surface area contributed by atoms with Crippen LogP contribution in [-0.4, -0.2) is 35.9 Å². The highest BCUT2D eigenvalue weighted by Gasteiger charge is 2.29. The number of benzene rings is 2. The van der Waals surface area contributed by atoms with E-state index in [-0.39, 0.29) is 25.0 Å². The van der Waals surface area contributed by atoms with Gasteiger partial charge in [-0.3, -0.25) is 9.59 Å². The van der Waals surface area contributed by atoms with Gasteiger partial charge in [0.25, 0.3) is 5.91 Å². The Hall–Kier alpha value is -2.24. The fraction of sp³-hybridized carbons (Fsp3) is 0.440. The number of nitrogens with zero attached hydrogens (tertiary/aromatic N) is 1. The van der Waals surface area contributed by atoms with Gasteiger partial charge in [0.05, 0.1) is 10.0 Å². The van der Waals surface area contributed by atoms with Gasteiger partial charge in [-0.1, -0.05) is 68.6 Å². The van der Waals surface area contributed by atoms with Crippen molar-refractivity contribution in [1.82, 2.24) is 10.2 Å². The molecule has 2 aromatic rings. The zero-order chi connectivity index (χ0) is 23.5. The van der Waals surface area contributed by atoms with E-state index in [0.29, 0.717) is 28.8 Å². The van der Waals surface area contributed by atoms with Crippen LogP contribution in [-0.2, 0) is 22.6 Å². The van der Waals surface area contributed by atoms with Crippen molar-refractivity contribution in [2.24, 2.45) is 0 Å². The average Bonchev–Trinajstić information content (AvgIpc) is 2.80. The lowest BCUT2D eigenvalue weighted by Gasteiger charge is -2.30. The number of hydrogen-bond acceptors (Lipinski definition) is 3. The minimum atomic E-state index is -0.611. The quantitative estimate of drug-likeness (QED) is 0.400. The van der Waals surface area contributed by atoms with Gasteiger partial charge in [0, 0.05) is 13.1 Å². The topological polar surface area (TPSA) is 58.6 Å². The molecule has 0 bridgehead atoms. The van der Waals surface area contributed by atoms with Gasteiger partial charge in [-0.15, -0.1) is 0 Å². The number of rotatable bonds is 12. The van der Waals surface area contributed by atoms with Crippen molar-refractivity contribution in [3.8, 4) is 5.75 Å². The summed E-state index contributed by atoms with van der Waals surface area (Å²) in [5.41, 5.74) is 1.99. The summed E-state index contributed by atoms with van der Waals surface area (Å²) in [6.45, 7) is 6.69. The van der Waals surface area contributed by atoms with Crippen LogP contribution in [0.4, 0.5) is 0 Å². The lowest BCUT2D eigenvalue weighted by atomic mass is 10.1. The van der Waals surface area contributed by atoms with E-state index in [1.165, 1.54) is 5.56 Å². The van der Waals surface area contributed by atoms with Gasteiger partial charge in [-0.25, -0.2) is 0 Å². The molecule has 174 valence electrons. The summed E-state index contributed by atoms with van der Waals surface area (Å²) in [6.07, 6.45) is 3.28. The maximum absolute atomic E-state index is 13.2. The van der Waals surface area contributed by atoms with Gasteiger partial charge in [-0.2, -0.15) is 0 Å². The molecule has 1 N–H and O–H groups in total. The first kappa shape index (κ1) is 26.0. The first-order valence-corrected chi connectivity index (χ1v) is 11.9. The number of carbonyl (C=O) groups excluding carboxylic acids is 2. The molecule has 0 unspecified atom stereocenters. The highest BCUT2D eigenvalue weighted by molar-refractivity contribution is 6.42. The lowest BCUT2D eigenvalue weighted by molar-refractivity contribution is -0.143. The summed E-state index contributed by atoms with van der Waals surface area (Å²) in [7, 11) is 0. The predicted molar refractivity (Wildman–Crippen MR) is 130 cm³/mol. The molecule has 2 rings (SSSR count). The summed E-state index contributed by atoms with van der Waals surface area (Å²) in [5, 5.41) is 3.79. The number of aryl methyl sites for hydroxylation is 1. The standard InChI is InChI=1S/C25H32Cl2N2O3/c1-4-7-14-28-25(31)23(6-3)29(16-19-10-13-21(26)22(27)15-19)24(30)17-32-20-11-8-18(5-2)9-12-20/h8-13,15,23H,4-7,14,16-17H2,1-3H3,(H,28,31)/t23-/m1/s1. The second kappa shape index (κ2) is 13.3. The van der Waals surface area contributed by atoms with Crippen molar-refractivity contribution in [1.29, 1.82) is 0 Å². The summed E-state index contributed by atoms with van der Waals surface area (Å²) in [4.78, 5) is 27.6. The molecular formula is C25H32Cl2N2O3. The third-order valence-electron chi connectivity index (χ3n) is 5.25. The van der Waals surface area contributed by atoms with E-state index in [2.05, 4.69) is 19.2 Å². The van der Waals surface area contributed by atoms with E-state index >= 15 is 0 Å². The third kappa shape index (κ3) is 7.72. The minimum absolute atomic E-state index is 0.161. The van der Waals surface area contributed by atoms with Crippen LogP contribution >= 0.6 is 23.2 Å². The molecule has 5 nitrogen and oxygen atoms in total. The Morgan fingerprint density at radius 1 is 1.00 bits per heavy atom. The number of halogens is 2. The van der Waals surface area contributed by atoms with Crippen molar-refractivity contribution in [3.05, 3.63) is 63.6 Å². The maximum Gasteiger partial charge on any atom is 0.261 e.